The van der Waals surface area contributed by atoms with Gasteiger partial charge in [-0.2, -0.15) is 0 Å². The average Bonchev–Trinajstić information content (AvgIpc) is 3.03. The predicted molar refractivity (Wildman–Crippen MR) is 149 cm³/mol. The minimum atomic E-state index is -0.697. The maximum absolute atomic E-state index is 12.3. The standard InChI is InChI=1S/C27H32Cl2N6O/c1-4-32-27(26(30)36)12-14-35(15-13-27)25-24(31-3)33-22(18-8-10-19(28)11-9-18)23(34-25)21-7-5-6-20(29)16-17(21)2/h5-6,8-11,16,32H,4,7,12-15H2,1-3H3,(H2,30,36)(H,31,33). The lowest BCUT2D eigenvalue weighted by Gasteiger charge is -2.41. The monoisotopic (exact) mass is 526 g/mol. The zero-order valence-electron chi connectivity index (χ0n) is 20.9. The van der Waals surface area contributed by atoms with Crippen molar-refractivity contribution < 1.29 is 4.79 Å². The lowest BCUT2D eigenvalue weighted by molar-refractivity contribution is -0.125. The van der Waals surface area contributed by atoms with Crippen LogP contribution in [0.15, 0.2) is 53.1 Å². The van der Waals surface area contributed by atoms with E-state index in [-0.39, 0.29) is 5.91 Å². The third-order valence-corrected chi connectivity index (χ3v) is 7.34. The molecule has 0 saturated carbocycles. The fourth-order valence-electron chi connectivity index (χ4n) is 4.86. The maximum Gasteiger partial charge on any atom is 0.237 e. The van der Waals surface area contributed by atoms with Crippen LogP contribution in [0, 0.1) is 0 Å². The van der Waals surface area contributed by atoms with Crippen molar-refractivity contribution in [2.45, 2.75) is 38.6 Å². The Kier molecular flexibility index (Phi) is 8.03. The molecule has 1 aliphatic heterocycles. The first-order valence-corrected chi connectivity index (χ1v) is 12.9. The second-order valence-electron chi connectivity index (χ2n) is 9.11. The Morgan fingerprint density at radius 2 is 1.83 bits per heavy atom. The number of amides is 1. The van der Waals surface area contributed by atoms with Crippen LogP contribution in [0.25, 0.3) is 16.8 Å². The molecule has 2 heterocycles. The van der Waals surface area contributed by atoms with Crippen LogP contribution in [0.3, 0.4) is 0 Å². The van der Waals surface area contributed by atoms with Crippen molar-refractivity contribution in [1.29, 1.82) is 0 Å². The number of rotatable bonds is 7. The first-order valence-electron chi connectivity index (χ1n) is 12.2. The number of piperidine rings is 1. The first kappa shape index (κ1) is 26.2. The van der Waals surface area contributed by atoms with Crippen molar-refractivity contribution in [1.82, 2.24) is 15.3 Å². The summed E-state index contributed by atoms with van der Waals surface area (Å²) in [6.07, 6.45) is 7.78. The second kappa shape index (κ2) is 11.0. The smallest absolute Gasteiger partial charge is 0.237 e. The number of benzene rings is 1. The molecule has 1 fully saturated rings. The molecule has 0 spiro atoms. The van der Waals surface area contributed by atoms with Crippen LogP contribution in [-0.2, 0) is 4.79 Å². The summed E-state index contributed by atoms with van der Waals surface area (Å²) in [6.45, 7) is 5.97. The molecule has 1 aromatic heterocycles. The van der Waals surface area contributed by atoms with Gasteiger partial charge in [0.15, 0.2) is 11.6 Å². The van der Waals surface area contributed by atoms with Crippen LogP contribution in [-0.4, -0.2) is 48.1 Å². The minimum Gasteiger partial charge on any atom is -0.370 e. The van der Waals surface area contributed by atoms with Gasteiger partial charge < -0.3 is 21.3 Å². The van der Waals surface area contributed by atoms with Crippen molar-refractivity contribution in [3.8, 4) is 11.3 Å². The van der Waals surface area contributed by atoms with E-state index in [0.717, 1.165) is 33.9 Å². The normalized spacial score (nSPS) is 17.6. The Bertz CT molecular complexity index is 1230. The van der Waals surface area contributed by atoms with E-state index >= 15 is 0 Å². The van der Waals surface area contributed by atoms with E-state index in [9.17, 15) is 4.79 Å². The van der Waals surface area contributed by atoms with Crippen LogP contribution in [0.2, 0.25) is 5.02 Å². The van der Waals surface area contributed by atoms with Gasteiger partial charge in [-0.3, -0.25) is 4.79 Å². The van der Waals surface area contributed by atoms with Gasteiger partial charge in [0.25, 0.3) is 0 Å². The average molecular weight is 528 g/mol. The van der Waals surface area contributed by atoms with Gasteiger partial charge in [0.1, 0.15) is 5.54 Å². The number of hydrogen-bond donors (Lipinski definition) is 3. The fraction of sp³-hybridized carbons (Fsp3) is 0.370. The highest BCUT2D eigenvalue weighted by Gasteiger charge is 2.40. The predicted octanol–water partition coefficient (Wildman–Crippen LogP) is 5.13. The Morgan fingerprint density at radius 1 is 1.14 bits per heavy atom. The molecule has 1 saturated heterocycles. The molecule has 1 amide bonds. The summed E-state index contributed by atoms with van der Waals surface area (Å²) in [5, 5.41) is 7.89. The van der Waals surface area contributed by atoms with Crippen molar-refractivity contribution in [3.05, 3.63) is 63.8 Å². The molecule has 4 rings (SSSR count). The molecule has 1 aromatic carbocycles. The topological polar surface area (TPSA) is 96.2 Å². The summed E-state index contributed by atoms with van der Waals surface area (Å²) < 4.78 is 0. The molecule has 4 N–H and O–H groups in total. The number of hydrogen-bond acceptors (Lipinski definition) is 6. The SMILES string of the molecule is CCNC1(C(N)=O)CCN(c2nc(C3=C(C)C=C(Cl)C=CC3)c(-c3ccc(Cl)cc3)nc2NC)CC1. The summed E-state index contributed by atoms with van der Waals surface area (Å²) in [6, 6.07) is 7.63. The lowest BCUT2D eigenvalue weighted by atomic mass is 9.86. The zero-order valence-corrected chi connectivity index (χ0v) is 22.4. The minimum absolute atomic E-state index is 0.308. The second-order valence-corrected chi connectivity index (χ2v) is 9.98. The number of likely N-dealkylation sites (N-methyl/N-ethyl adjacent to an activating group) is 1. The number of primary amides is 1. The zero-order chi connectivity index (χ0) is 25.9. The molecule has 2 aromatic rings. The molecule has 7 nitrogen and oxygen atoms in total. The highest BCUT2D eigenvalue weighted by atomic mass is 35.5. The van der Waals surface area contributed by atoms with Crippen LogP contribution in [0.1, 0.15) is 38.8 Å². The van der Waals surface area contributed by atoms with Gasteiger partial charge in [-0.05, 0) is 68.2 Å². The molecule has 9 heteroatoms. The number of nitrogens with two attached hydrogens (primary N) is 1. The third-order valence-electron chi connectivity index (χ3n) is 6.85. The van der Waals surface area contributed by atoms with E-state index in [2.05, 4.69) is 15.5 Å². The summed E-state index contributed by atoms with van der Waals surface area (Å²) in [4.78, 5) is 24.7. The van der Waals surface area contributed by atoms with Gasteiger partial charge in [-0.1, -0.05) is 48.3 Å². The number of anilines is 2. The largest absolute Gasteiger partial charge is 0.370 e. The molecular formula is C27H32Cl2N6O. The van der Waals surface area contributed by atoms with Crippen molar-refractivity contribution in [2.75, 3.05) is 36.9 Å². The van der Waals surface area contributed by atoms with Crippen LogP contribution in [0.5, 0.6) is 0 Å². The van der Waals surface area contributed by atoms with E-state index in [4.69, 9.17) is 38.9 Å². The Hall–Kier alpha value is -2.87. The molecule has 0 unspecified atom stereocenters. The number of halogens is 2. The highest BCUT2D eigenvalue weighted by molar-refractivity contribution is 6.31. The quantitative estimate of drug-likeness (QED) is 0.462. The summed E-state index contributed by atoms with van der Waals surface area (Å²) in [7, 11) is 1.84. The molecule has 2 aliphatic rings. The van der Waals surface area contributed by atoms with Gasteiger partial charge in [0.05, 0.1) is 11.4 Å². The number of nitrogens with zero attached hydrogens (tertiary/aromatic N) is 3. The molecule has 0 atom stereocenters. The summed E-state index contributed by atoms with van der Waals surface area (Å²) >= 11 is 12.5. The van der Waals surface area contributed by atoms with Crippen LogP contribution in [0.4, 0.5) is 11.6 Å². The van der Waals surface area contributed by atoms with E-state index in [1.54, 1.807) is 0 Å². The van der Waals surface area contributed by atoms with Crippen molar-refractivity contribution >= 4 is 46.3 Å². The number of nitrogens with one attached hydrogen (secondary N) is 2. The van der Waals surface area contributed by atoms with E-state index < -0.39 is 5.54 Å². The molecule has 36 heavy (non-hydrogen) atoms. The number of carbonyl (C=O) groups excluding carboxylic acids is 1. The number of carbonyl (C=O) groups is 1. The van der Waals surface area contributed by atoms with Gasteiger partial charge >= 0.3 is 0 Å². The Balaban J connectivity index is 1.82. The van der Waals surface area contributed by atoms with Crippen LogP contribution >= 0.6 is 23.2 Å². The van der Waals surface area contributed by atoms with Gasteiger partial charge in [-0.15, -0.1) is 0 Å². The summed E-state index contributed by atoms with van der Waals surface area (Å²) in [5.41, 5.74) is 9.68. The van der Waals surface area contributed by atoms with Gasteiger partial charge in [-0.25, -0.2) is 9.97 Å². The van der Waals surface area contributed by atoms with E-state index in [1.165, 1.54) is 0 Å². The number of allylic oxidation sites excluding steroid dienone is 6. The highest BCUT2D eigenvalue weighted by Crippen LogP contribution is 2.38. The molecule has 0 bridgehead atoms. The van der Waals surface area contributed by atoms with E-state index in [1.807, 2.05) is 63.4 Å². The molecule has 1 aliphatic carbocycles. The Morgan fingerprint density at radius 3 is 2.44 bits per heavy atom. The third kappa shape index (κ3) is 5.28. The van der Waals surface area contributed by atoms with Gasteiger partial charge in [0.2, 0.25) is 5.91 Å². The molecule has 0 radical (unpaired) electrons. The van der Waals surface area contributed by atoms with Crippen molar-refractivity contribution in [2.24, 2.45) is 5.73 Å². The van der Waals surface area contributed by atoms with Gasteiger partial charge in [0, 0.05) is 35.8 Å². The van der Waals surface area contributed by atoms with Crippen LogP contribution < -0.4 is 21.3 Å². The number of aromatic nitrogens is 2. The fourth-order valence-corrected chi connectivity index (χ4v) is 5.24. The molecular weight excluding hydrogens is 495 g/mol. The lowest BCUT2D eigenvalue weighted by Crippen LogP contribution is -2.61. The van der Waals surface area contributed by atoms with Crippen molar-refractivity contribution in [3.63, 3.8) is 0 Å². The first-order chi connectivity index (χ1) is 17.3. The summed E-state index contributed by atoms with van der Waals surface area (Å²) in [5.74, 6) is 1.12. The van der Waals surface area contributed by atoms with E-state index in [0.29, 0.717) is 54.8 Å². The Labute approximate surface area is 222 Å². The maximum atomic E-state index is 12.3. The molecule has 190 valence electrons.